The Morgan fingerprint density at radius 1 is 1.75 bits per heavy atom. The van der Waals surface area contributed by atoms with Crippen LogP contribution in [0.15, 0.2) is 0 Å². The first kappa shape index (κ1) is 9.48. The van der Waals surface area contributed by atoms with E-state index in [9.17, 15) is 4.79 Å². The average Bonchev–Trinajstić information content (AvgIpc) is 2.09. The fourth-order valence-electron chi connectivity index (χ4n) is 1.45. The van der Waals surface area contributed by atoms with Crippen LogP contribution < -0.4 is 5.32 Å². The number of nitrogens with one attached hydrogen (secondary N) is 1. The lowest BCUT2D eigenvalue weighted by molar-refractivity contribution is -0.136. The zero-order valence-corrected chi connectivity index (χ0v) is 7.42. The van der Waals surface area contributed by atoms with E-state index in [2.05, 4.69) is 5.32 Å². The van der Waals surface area contributed by atoms with Gasteiger partial charge in [0.2, 0.25) is 5.91 Å². The number of aliphatic hydroxyl groups excluding tert-OH is 1. The number of carbonyl (C=O) groups is 1. The molecule has 1 rings (SSSR count). The minimum absolute atomic E-state index is 0.0368. The summed E-state index contributed by atoms with van der Waals surface area (Å²) in [6.45, 7) is 4.07. The third-order valence-corrected chi connectivity index (χ3v) is 2.16. The molecule has 1 atom stereocenters. The van der Waals surface area contributed by atoms with Crippen molar-refractivity contribution < 1.29 is 9.90 Å². The molecule has 1 aliphatic heterocycles. The number of rotatable bonds is 3. The van der Waals surface area contributed by atoms with Crippen LogP contribution in [0.1, 0.15) is 13.3 Å². The molecule has 12 heavy (non-hydrogen) atoms. The predicted molar refractivity (Wildman–Crippen MR) is 45.7 cm³/mol. The van der Waals surface area contributed by atoms with E-state index in [1.807, 2.05) is 6.92 Å². The summed E-state index contributed by atoms with van der Waals surface area (Å²) in [6.07, 6.45) is 0.820. The van der Waals surface area contributed by atoms with E-state index >= 15 is 0 Å². The summed E-state index contributed by atoms with van der Waals surface area (Å²) in [5.41, 5.74) is 0. The first-order valence-electron chi connectivity index (χ1n) is 4.42. The van der Waals surface area contributed by atoms with Gasteiger partial charge in [-0.25, -0.2) is 0 Å². The largest absolute Gasteiger partial charge is 0.395 e. The lowest BCUT2D eigenvalue weighted by Crippen LogP contribution is -2.55. The van der Waals surface area contributed by atoms with Crippen LogP contribution in [-0.2, 0) is 4.79 Å². The summed E-state index contributed by atoms with van der Waals surface area (Å²) in [7, 11) is 0. The van der Waals surface area contributed by atoms with Crippen molar-refractivity contribution in [2.75, 3.05) is 26.2 Å². The van der Waals surface area contributed by atoms with Crippen molar-refractivity contribution in [2.45, 2.75) is 19.4 Å². The minimum atomic E-state index is -0.0368. The molecule has 0 aromatic heterocycles. The van der Waals surface area contributed by atoms with Crippen LogP contribution in [0.2, 0.25) is 0 Å². The van der Waals surface area contributed by atoms with Gasteiger partial charge in [0.15, 0.2) is 0 Å². The third-order valence-electron chi connectivity index (χ3n) is 2.16. The lowest BCUT2D eigenvalue weighted by atomic mass is 10.1. The van der Waals surface area contributed by atoms with Gasteiger partial charge in [-0.2, -0.15) is 0 Å². The second-order valence-corrected chi connectivity index (χ2v) is 2.96. The number of hydrogen-bond donors (Lipinski definition) is 2. The number of amides is 1. The molecule has 70 valence electrons. The van der Waals surface area contributed by atoms with Crippen molar-refractivity contribution in [3.05, 3.63) is 0 Å². The molecule has 2 N–H and O–H groups in total. The molecule has 4 nitrogen and oxygen atoms in total. The van der Waals surface area contributed by atoms with Crippen molar-refractivity contribution >= 4 is 5.91 Å². The highest BCUT2D eigenvalue weighted by atomic mass is 16.3. The van der Waals surface area contributed by atoms with E-state index < -0.39 is 0 Å². The number of aliphatic hydroxyl groups is 1. The maximum atomic E-state index is 11.5. The molecule has 4 heteroatoms. The van der Waals surface area contributed by atoms with Crippen molar-refractivity contribution in [1.29, 1.82) is 0 Å². The summed E-state index contributed by atoms with van der Waals surface area (Å²) in [5.74, 6) is 0.123. The molecule has 1 heterocycles. The maximum absolute atomic E-state index is 11.5. The van der Waals surface area contributed by atoms with E-state index in [0.29, 0.717) is 6.54 Å². The van der Waals surface area contributed by atoms with Gasteiger partial charge in [0, 0.05) is 19.6 Å². The molecule has 0 bridgehead atoms. The molecule has 1 saturated heterocycles. The number of β-amino-alcohol motifs (C(OH)–C–C–N with tert-alkyl or cyclic N) is 1. The second kappa shape index (κ2) is 4.42. The summed E-state index contributed by atoms with van der Waals surface area (Å²) in [6, 6.07) is -0.0368. The van der Waals surface area contributed by atoms with Gasteiger partial charge in [-0.1, -0.05) is 6.92 Å². The molecule has 1 aliphatic rings. The van der Waals surface area contributed by atoms with Crippen LogP contribution in [-0.4, -0.2) is 48.2 Å². The van der Waals surface area contributed by atoms with E-state index in [0.717, 1.165) is 19.5 Å². The van der Waals surface area contributed by atoms with E-state index in [1.54, 1.807) is 4.90 Å². The van der Waals surface area contributed by atoms with Crippen LogP contribution in [0.5, 0.6) is 0 Å². The molecule has 1 fully saturated rings. The van der Waals surface area contributed by atoms with Gasteiger partial charge in [-0.3, -0.25) is 4.79 Å². The zero-order valence-electron chi connectivity index (χ0n) is 7.42. The van der Waals surface area contributed by atoms with Crippen molar-refractivity contribution in [3.8, 4) is 0 Å². The summed E-state index contributed by atoms with van der Waals surface area (Å²) < 4.78 is 0. The average molecular weight is 172 g/mol. The Morgan fingerprint density at radius 2 is 2.50 bits per heavy atom. The van der Waals surface area contributed by atoms with Crippen molar-refractivity contribution in [3.63, 3.8) is 0 Å². The monoisotopic (exact) mass is 172 g/mol. The van der Waals surface area contributed by atoms with Gasteiger partial charge in [-0.05, 0) is 6.42 Å². The minimum Gasteiger partial charge on any atom is -0.395 e. The van der Waals surface area contributed by atoms with Gasteiger partial charge in [-0.15, -0.1) is 0 Å². The molecule has 1 amide bonds. The second-order valence-electron chi connectivity index (χ2n) is 2.96. The Kier molecular flexibility index (Phi) is 3.49. The number of hydrogen-bond acceptors (Lipinski definition) is 3. The standard InChI is InChI=1S/C8H16N2O2/c1-2-7-8(12)10(5-6-11)4-3-9-7/h7,9,11H,2-6H2,1H3. The van der Waals surface area contributed by atoms with Crippen molar-refractivity contribution in [1.82, 2.24) is 10.2 Å². The summed E-state index contributed by atoms with van der Waals surface area (Å²) >= 11 is 0. The highest BCUT2D eigenvalue weighted by molar-refractivity contribution is 5.82. The molecule has 0 radical (unpaired) electrons. The molecule has 0 spiro atoms. The van der Waals surface area contributed by atoms with Crippen LogP contribution in [0, 0.1) is 0 Å². The molecule has 0 aromatic carbocycles. The highest BCUT2D eigenvalue weighted by Crippen LogP contribution is 2.03. The quantitative estimate of drug-likeness (QED) is 0.585. The molecular weight excluding hydrogens is 156 g/mol. The summed E-state index contributed by atoms with van der Waals surface area (Å²) in [5, 5.41) is 11.8. The number of piperazine rings is 1. The van der Waals surface area contributed by atoms with E-state index in [4.69, 9.17) is 5.11 Å². The van der Waals surface area contributed by atoms with Gasteiger partial charge in [0.05, 0.1) is 12.6 Å². The Balaban J connectivity index is 2.47. The summed E-state index contributed by atoms with van der Waals surface area (Å²) in [4.78, 5) is 13.2. The SMILES string of the molecule is CCC1NCCN(CCO)C1=O. The number of carbonyl (C=O) groups excluding carboxylic acids is 1. The smallest absolute Gasteiger partial charge is 0.239 e. The van der Waals surface area contributed by atoms with Gasteiger partial charge in [0.25, 0.3) is 0 Å². The molecule has 0 aromatic rings. The molecule has 0 aliphatic carbocycles. The Morgan fingerprint density at radius 3 is 3.08 bits per heavy atom. The molecular formula is C8H16N2O2. The maximum Gasteiger partial charge on any atom is 0.239 e. The van der Waals surface area contributed by atoms with Crippen LogP contribution in [0.3, 0.4) is 0 Å². The molecule has 1 unspecified atom stereocenters. The highest BCUT2D eigenvalue weighted by Gasteiger charge is 2.25. The predicted octanol–water partition coefficient (Wildman–Crippen LogP) is -0.811. The van der Waals surface area contributed by atoms with Crippen LogP contribution in [0.4, 0.5) is 0 Å². The third kappa shape index (κ3) is 1.95. The first-order chi connectivity index (χ1) is 5.79. The topological polar surface area (TPSA) is 52.6 Å². The fraction of sp³-hybridized carbons (Fsp3) is 0.875. The van der Waals surface area contributed by atoms with Crippen LogP contribution in [0.25, 0.3) is 0 Å². The van der Waals surface area contributed by atoms with Gasteiger partial charge >= 0.3 is 0 Å². The first-order valence-corrected chi connectivity index (χ1v) is 4.42. The normalized spacial score (nSPS) is 24.7. The fourth-order valence-corrected chi connectivity index (χ4v) is 1.45. The van der Waals surface area contributed by atoms with Gasteiger partial charge in [0.1, 0.15) is 0 Å². The zero-order chi connectivity index (χ0) is 8.97. The van der Waals surface area contributed by atoms with E-state index in [-0.39, 0.29) is 18.6 Å². The lowest BCUT2D eigenvalue weighted by Gasteiger charge is -2.32. The Hall–Kier alpha value is -0.610. The Labute approximate surface area is 72.6 Å². The van der Waals surface area contributed by atoms with E-state index in [1.165, 1.54) is 0 Å². The number of nitrogens with zero attached hydrogens (tertiary/aromatic N) is 1. The van der Waals surface area contributed by atoms with Gasteiger partial charge < -0.3 is 15.3 Å². The van der Waals surface area contributed by atoms with Crippen LogP contribution >= 0.6 is 0 Å². The van der Waals surface area contributed by atoms with Crippen molar-refractivity contribution in [2.24, 2.45) is 0 Å². The molecule has 0 saturated carbocycles. The Bertz CT molecular complexity index is 159.